The van der Waals surface area contributed by atoms with Crippen LogP contribution in [-0.4, -0.2) is 38.8 Å². The molecule has 4 N–H and O–H groups in total. The summed E-state index contributed by atoms with van der Waals surface area (Å²) in [7, 11) is 0. The summed E-state index contributed by atoms with van der Waals surface area (Å²) in [6.07, 6.45) is 0. The zero-order chi connectivity index (χ0) is 18.9. The third-order valence-electron chi connectivity index (χ3n) is 5.15. The summed E-state index contributed by atoms with van der Waals surface area (Å²) in [4.78, 5) is 13.7. The van der Waals surface area contributed by atoms with E-state index < -0.39 is 0 Å². The Morgan fingerprint density at radius 2 is 1.74 bits per heavy atom. The molecule has 0 unspecified atom stereocenters. The zero-order valence-electron chi connectivity index (χ0n) is 16.1. The molecule has 1 aliphatic rings. The van der Waals surface area contributed by atoms with Crippen LogP contribution in [0.3, 0.4) is 0 Å². The first-order valence-corrected chi connectivity index (χ1v) is 9.85. The van der Waals surface area contributed by atoms with Gasteiger partial charge >= 0.3 is 0 Å². The largest absolute Gasteiger partial charge is 0.370 e. The SMILES string of the molecule is C[C@@H]([NH2+]CC(=O)NCc1ccc(C[NH+]2CCOCC2)cc1)c1ccccc1. The van der Waals surface area contributed by atoms with E-state index in [1.165, 1.54) is 11.1 Å². The number of morpholine rings is 1. The van der Waals surface area contributed by atoms with Crippen LogP contribution in [-0.2, 0) is 22.6 Å². The molecule has 1 amide bonds. The lowest BCUT2D eigenvalue weighted by molar-refractivity contribution is -0.921. The highest BCUT2D eigenvalue weighted by Crippen LogP contribution is 2.06. The topological polar surface area (TPSA) is 59.4 Å². The minimum absolute atomic E-state index is 0.0691. The number of quaternary nitrogens is 2. The van der Waals surface area contributed by atoms with Gasteiger partial charge in [0.15, 0.2) is 6.54 Å². The highest BCUT2D eigenvalue weighted by Gasteiger charge is 2.14. The third kappa shape index (κ3) is 6.47. The van der Waals surface area contributed by atoms with E-state index in [1.807, 2.05) is 18.2 Å². The number of nitrogens with two attached hydrogens (primary N) is 1. The number of carbonyl (C=O) groups excluding carboxylic acids is 1. The quantitative estimate of drug-likeness (QED) is 0.616. The molecule has 0 saturated carbocycles. The van der Waals surface area contributed by atoms with Gasteiger partial charge in [-0.25, -0.2) is 0 Å². The molecule has 3 rings (SSSR count). The van der Waals surface area contributed by atoms with Crippen molar-refractivity contribution in [2.24, 2.45) is 0 Å². The van der Waals surface area contributed by atoms with Gasteiger partial charge in [-0.05, 0) is 12.5 Å². The van der Waals surface area contributed by atoms with E-state index in [9.17, 15) is 4.79 Å². The Hall–Kier alpha value is -2.21. The normalized spacial score (nSPS) is 16.0. The van der Waals surface area contributed by atoms with Gasteiger partial charge in [0.25, 0.3) is 5.91 Å². The molecule has 1 heterocycles. The molecule has 144 valence electrons. The second-order valence-corrected chi connectivity index (χ2v) is 7.27. The van der Waals surface area contributed by atoms with Crippen molar-refractivity contribution in [3.8, 4) is 0 Å². The number of amides is 1. The van der Waals surface area contributed by atoms with Crippen LogP contribution in [0.5, 0.6) is 0 Å². The molecule has 0 aliphatic carbocycles. The monoisotopic (exact) mass is 369 g/mol. The predicted octanol–water partition coefficient (Wildman–Crippen LogP) is 0.0425. The van der Waals surface area contributed by atoms with E-state index in [0.29, 0.717) is 13.1 Å². The fraction of sp³-hybridized carbons (Fsp3) is 0.409. The maximum Gasteiger partial charge on any atom is 0.275 e. The van der Waals surface area contributed by atoms with Gasteiger partial charge in [-0.15, -0.1) is 0 Å². The van der Waals surface area contributed by atoms with Gasteiger partial charge in [-0.3, -0.25) is 4.79 Å². The Bertz CT molecular complexity index is 697. The van der Waals surface area contributed by atoms with Gasteiger partial charge in [0.1, 0.15) is 25.7 Å². The number of hydrogen-bond acceptors (Lipinski definition) is 2. The van der Waals surface area contributed by atoms with Crippen LogP contribution in [0.15, 0.2) is 54.6 Å². The molecule has 1 saturated heterocycles. The molecule has 2 aromatic carbocycles. The van der Waals surface area contributed by atoms with Crippen molar-refractivity contribution < 1.29 is 19.7 Å². The van der Waals surface area contributed by atoms with E-state index in [0.717, 1.165) is 38.4 Å². The molecule has 0 spiro atoms. The van der Waals surface area contributed by atoms with Crippen molar-refractivity contribution in [1.82, 2.24) is 5.32 Å². The summed E-state index contributed by atoms with van der Waals surface area (Å²) >= 11 is 0. The van der Waals surface area contributed by atoms with Crippen molar-refractivity contribution in [1.29, 1.82) is 0 Å². The fourth-order valence-electron chi connectivity index (χ4n) is 3.35. The van der Waals surface area contributed by atoms with Gasteiger partial charge in [0.2, 0.25) is 0 Å². The Morgan fingerprint density at radius 3 is 2.44 bits per heavy atom. The molecule has 1 atom stereocenters. The predicted molar refractivity (Wildman–Crippen MR) is 105 cm³/mol. The Balaban J connectivity index is 1.38. The van der Waals surface area contributed by atoms with Gasteiger partial charge in [-0.2, -0.15) is 0 Å². The maximum absolute atomic E-state index is 12.1. The lowest BCUT2D eigenvalue weighted by Crippen LogP contribution is -3.12. The number of ether oxygens (including phenoxy) is 1. The number of nitrogens with one attached hydrogen (secondary N) is 2. The molecule has 0 bridgehead atoms. The second kappa shape index (κ2) is 10.2. The molecule has 1 fully saturated rings. The van der Waals surface area contributed by atoms with E-state index in [-0.39, 0.29) is 11.9 Å². The lowest BCUT2D eigenvalue weighted by Gasteiger charge is -2.23. The third-order valence-corrected chi connectivity index (χ3v) is 5.15. The van der Waals surface area contributed by atoms with Crippen LogP contribution in [0.1, 0.15) is 29.7 Å². The lowest BCUT2D eigenvalue weighted by atomic mass is 10.1. The Kier molecular flexibility index (Phi) is 7.39. The maximum atomic E-state index is 12.1. The van der Waals surface area contributed by atoms with E-state index >= 15 is 0 Å². The van der Waals surface area contributed by atoms with E-state index in [2.05, 4.69) is 54.0 Å². The molecule has 27 heavy (non-hydrogen) atoms. The Labute approximate surface area is 161 Å². The summed E-state index contributed by atoms with van der Waals surface area (Å²) in [5.74, 6) is 0.0691. The van der Waals surface area contributed by atoms with Crippen molar-refractivity contribution in [2.45, 2.75) is 26.1 Å². The van der Waals surface area contributed by atoms with Crippen LogP contribution >= 0.6 is 0 Å². The summed E-state index contributed by atoms with van der Waals surface area (Å²) in [5, 5.41) is 5.08. The summed E-state index contributed by atoms with van der Waals surface area (Å²) in [5.41, 5.74) is 3.72. The molecule has 2 aromatic rings. The Morgan fingerprint density at radius 1 is 1.07 bits per heavy atom. The van der Waals surface area contributed by atoms with Crippen LogP contribution in [0.2, 0.25) is 0 Å². The molecule has 0 aromatic heterocycles. The summed E-state index contributed by atoms with van der Waals surface area (Å²) < 4.78 is 5.41. The standard InChI is InChI=1S/C22H29N3O2/c1-18(21-5-3-2-4-6-21)23-16-22(26)24-15-19-7-9-20(10-8-19)17-25-11-13-27-14-12-25/h2-10,18,23H,11-17H2,1H3,(H,24,26)/p+2/t18-/m1/s1. The molecule has 5 nitrogen and oxygen atoms in total. The molecular weight excluding hydrogens is 338 g/mol. The van der Waals surface area contributed by atoms with Crippen molar-refractivity contribution in [3.05, 3.63) is 71.3 Å². The van der Waals surface area contributed by atoms with Crippen LogP contribution in [0, 0.1) is 0 Å². The zero-order valence-corrected chi connectivity index (χ0v) is 16.1. The second-order valence-electron chi connectivity index (χ2n) is 7.27. The smallest absolute Gasteiger partial charge is 0.275 e. The molecular formula is C22H31N3O2+2. The molecule has 5 heteroatoms. The van der Waals surface area contributed by atoms with Crippen molar-refractivity contribution in [3.63, 3.8) is 0 Å². The number of rotatable bonds is 8. The summed E-state index contributed by atoms with van der Waals surface area (Å²) in [6, 6.07) is 19.1. The minimum Gasteiger partial charge on any atom is -0.370 e. The van der Waals surface area contributed by atoms with Crippen molar-refractivity contribution >= 4 is 5.91 Å². The van der Waals surface area contributed by atoms with Crippen LogP contribution in [0.25, 0.3) is 0 Å². The first-order chi connectivity index (χ1) is 13.2. The van der Waals surface area contributed by atoms with Crippen molar-refractivity contribution in [2.75, 3.05) is 32.8 Å². The van der Waals surface area contributed by atoms with Gasteiger partial charge in [0.05, 0.1) is 13.2 Å². The summed E-state index contributed by atoms with van der Waals surface area (Å²) in [6.45, 7) is 8.07. The first kappa shape index (κ1) is 19.5. The van der Waals surface area contributed by atoms with Crippen LogP contribution in [0.4, 0.5) is 0 Å². The molecule has 1 aliphatic heterocycles. The number of hydrogen-bond donors (Lipinski definition) is 3. The van der Waals surface area contributed by atoms with E-state index in [4.69, 9.17) is 4.74 Å². The first-order valence-electron chi connectivity index (χ1n) is 9.85. The number of carbonyl (C=O) groups is 1. The average molecular weight is 370 g/mol. The average Bonchev–Trinajstić information content (AvgIpc) is 2.73. The van der Waals surface area contributed by atoms with Gasteiger partial charge in [0, 0.05) is 17.7 Å². The van der Waals surface area contributed by atoms with E-state index in [1.54, 1.807) is 4.90 Å². The molecule has 0 radical (unpaired) electrons. The highest BCUT2D eigenvalue weighted by atomic mass is 16.5. The fourth-order valence-corrected chi connectivity index (χ4v) is 3.35. The minimum atomic E-state index is 0.0691. The van der Waals surface area contributed by atoms with Crippen LogP contribution < -0.4 is 15.5 Å². The number of benzene rings is 2. The van der Waals surface area contributed by atoms with Gasteiger partial charge in [-0.1, -0.05) is 54.6 Å². The van der Waals surface area contributed by atoms with Gasteiger partial charge < -0.3 is 20.3 Å². The highest BCUT2D eigenvalue weighted by molar-refractivity contribution is 5.76.